The molecule has 1 aliphatic heterocycles. The molecule has 1 heterocycles. The monoisotopic (exact) mass is 126 g/mol. The fraction of sp³-hybridized carbons (Fsp3) is 0.667. The molecule has 0 bridgehead atoms. The maximum Gasteiger partial charge on any atom is 0.485 e. The van der Waals surface area contributed by atoms with E-state index in [0.29, 0.717) is 0 Å². The van der Waals surface area contributed by atoms with Crippen molar-refractivity contribution in [1.82, 2.24) is 0 Å². The highest BCUT2D eigenvalue weighted by Crippen LogP contribution is 2.00. The second-order valence-electron chi connectivity index (χ2n) is 1.99. The topological polar surface area (TPSA) is 18.5 Å². The maximum atomic E-state index is 5.21. The fourth-order valence-corrected chi connectivity index (χ4v) is 0.774. The van der Waals surface area contributed by atoms with Crippen LogP contribution in [0.2, 0.25) is 0 Å². The molecule has 0 aliphatic carbocycles. The van der Waals surface area contributed by atoms with E-state index in [0.717, 1.165) is 19.6 Å². The van der Waals surface area contributed by atoms with E-state index < -0.39 is 0 Å². The first-order valence-electron chi connectivity index (χ1n) is 3.29. The van der Waals surface area contributed by atoms with Crippen molar-refractivity contribution >= 4 is 7.12 Å². The molecule has 0 amide bonds. The predicted molar refractivity (Wildman–Crippen MR) is 37.1 cm³/mol. The van der Waals surface area contributed by atoms with Crippen LogP contribution in [0.25, 0.3) is 0 Å². The summed E-state index contributed by atoms with van der Waals surface area (Å²) in [6, 6.07) is 0. The SMILES string of the molecule is C/C=C\B1OCCCO1. The largest absolute Gasteiger partial charge is 0.485 e. The van der Waals surface area contributed by atoms with Crippen molar-refractivity contribution < 1.29 is 9.31 Å². The van der Waals surface area contributed by atoms with Gasteiger partial charge in [-0.2, -0.15) is 0 Å². The molecule has 9 heavy (non-hydrogen) atoms. The molecule has 1 fully saturated rings. The first-order chi connectivity index (χ1) is 4.43. The molecule has 0 aromatic rings. The lowest BCUT2D eigenvalue weighted by Gasteiger charge is -2.16. The molecule has 0 spiro atoms. The Morgan fingerprint density at radius 2 is 2.00 bits per heavy atom. The molecular weight excluding hydrogens is 115 g/mol. The maximum absolute atomic E-state index is 5.21. The molecule has 0 saturated carbocycles. The quantitative estimate of drug-likeness (QED) is 0.488. The van der Waals surface area contributed by atoms with Gasteiger partial charge in [0.15, 0.2) is 0 Å². The van der Waals surface area contributed by atoms with Gasteiger partial charge in [-0.1, -0.05) is 12.1 Å². The lowest BCUT2D eigenvalue weighted by molar-refractivity contribution is 0.142. The Hall–Kier alpha value is -0.275. The molecule has 0 atom stereocenters. The van der Waals surface area contributed by atoms with E-state index in [9.17, 15) is 0 Å². The summed E-state index contributed by atoms with van der Waals surface area (Å²) >= 11 is 0. The predicted octanol–water partition coefficient (Wildman–Crippen LogP) is 1.03. The smallest absolute Gasteiger partial charge is 0.408 e. The zero-order chi connectivity index (χ0) is 6.53. The highest BCUT2D eigenvalue weighted by atomic mass is 16.6. The van der Waals surface area contributed by atoms with Crippen LogP contribution in [0.4, 0.5) is 0 Å². The first kappa shape index (κ1) is 6.84. The minimum absolute atomic E-state index is 0.0799. The molecule has 1 saturated heterocycles. The third-order valence-corrected chi connectivity index (χ3v) is 1.20. The van der Waals surface area contributed by atoms with E-state index in [1.54, 1.807) is 0 Å². The third-order valence-electron chi connectivity index (χ3n) is 1.20. The molecular formula is C6H11BO2. The van der Waals surface area contributed by atoms with Gasteiger partial charge < -0.3 is 9.31 Å². The third kappa shape index (κ3) is 2.20. The lowest BCUT2D eigenvalue weighted by Crippen LogP contribution is -2.27. The van der Waals surface area contributed by atoms with Gasteiger partial charge in [-0.15, -0.1) is 0 Å². The molecule has 1 rings (SSSR count). The first-order valence-corrected chi connectivity index (χ1v) is 3.29. The van der Waals surface area contributed by atoms with E-state index in [1.807, 2.05) is 19.0 Å². The molecule has 2 nitrogen and oxygen atoms in total. The van der Waals surface area contributed by atoms with Gasteiger partial charge in [0.2, 0.25) is 0 Å². The summed E-state index contributed by atoms with van der Waals surface area (Å²) in [5.41, 5.74) is 0. The van der Waals surface area contributed by atoms with Crippen molar-refractivity contribution in [3.63, 3.8) is 0 Å². The number of hydrogen-bond donors (Lipinski definition) is 0. The zero-order valence-electron chi connectivity index (χ0n) is 5.67. The molecule has 50 valence electrons. The van der Waals surface area contributed by atoms with Crippen LogP contribution in [0.3, 0.4) is 0 Å². The average Bonchev–Trinajstić information content (AvgIpc) is 1.91. The second-order valence-corrected chi connectivity index (χ2v) is 1.99. The summed E-state index contributed by atoms with van der Waals surface area (Å²) in [4.78, 5) is 0. The summed E-state index contributed by atoms with van der Waals surface area (Å²) in [5.74, 6) is 1.92. The van der Waals surface area contributed by atoms with Crippen molar-refractivity contribution in [2.75, 3.05) is 13.2 Å². The summed E-state index contributed by atoms with van der Waals surface area (Å²) in [6.45, 7) is 3.62. The van der Waals surface area contributed by atoms with Crippen LogP contribution in [0.5, 0.6) is 0 Å². The van der Waals surface area contributed by atoms with Crippen LogP contribution < -0.4 is 0 Å². The van der Waals surface area contributed by atoms with Crippen LogP contribution in [-0.4, -0.2) is 20.3 Å². The van der Waals surface area contributed by atoms with Gasteiger partial charge in [-0.3, -0.25) is 0 Å². The summed E-state index contributed by atoms with van der Waals surface area (Å²) in [7, 11) is -0.0799. The van der Waals surface area contributed by atoms with Crippen LogP contribution in [0, 0.1) is 0 Å². The van der Waals surface area contributed by atoms with Crippen LogP contribution in [0.15, 0.2) is 12.1 Å². The molecule has 0 N–H and O–H groups in total. The van der Waals surface area contributed by atoms with E-state index in [1.165, 1.54) is 0 Å². The number of rotatable bonds is 1. The minimum Gasteiger partial charge on any atom is -0.408 e. The van der Waals surface area contributed by atoms with Crippen molar-refractivity contribution in [3.8, 4) is 0 Å². The molecule has 0 unspecified atom stereocenters. The Balaban J connectivity index is 2.23. The van der Waals surface area contributed by atoms with Gasteiger partial charge in [0, 0.05) is 13.2 Å². The Morgan fingerprint density at radius 3 is 2.56 bits per heavy atom. The highest BCUT2D eigenvalue weighted by Gasteiger charge is 2.16. The second kappa shape index (κ2) is 3.69. The van der Waals surface area contributed by atoms with Crippen molar-refractivity contribution in [3.05, 3.63) is 12.1 Å². The minimum atomic E-state index is -0.0799. The summed E-state index contributed by atoms with van der Waals surface area (Å²) < 4.78 is 10.4. The van der Waals surface area contributed by atoms with Gasteiger partial charge in [0.25, 0.3) is 0 Å². The Labute approximate surface area is 56.0 Å². The van der Waals surface area contributed by atoms with Gasteiger partial charge in [-0.05, 0) is 13.3 Å². The fourth-order valence-electron chi connectivity index (χ4n) is 0.774. The Kier molecular flexibility index (Phi) is 2.81. The van der Waals surface area contributed by atoms with E-state index in [4.69, 9.17) is 9.31 Å². The van der Waals surface area contributed by atoms with Crippen molar-refractivity contribution in [1.29, 1.82) is 0 Å². The summed E-state index contributed by atoms with van der Waals surface area (Å²) in [5, 5.41) is 0. The van der Waals surface area contributed by atoms with Gasteiger partial charge in [-0.25, -0.2) is 0 Å². The number of allylic oxidation sites excluding steroid dienone is 1. The van der Waals surface area contributed by atoms with Crippen LogP contribution in [-0.2, 0) is 9.31 Å². The molecule has 0 radical (unpaired) electrons. The van der Waals surface area contributed by atoms with Crippen LogP contribution >= 0.6 is 0 Å². The van der Waals surface area contributed by atoms with Crippen molar-refractivity contribution in [2.45, 2.75) is 13.3 Å². The number of hydrogen-bond acceptors (Lipinski definition) is 2. The van der Waals surface area contributed by atoms with Gasteiger partial charge >= 0.3 is 7.12 Å². The molecule has 0 aromatic heterocycles. The zero-order valence-corrected chi connectivity index (χ0v) is 5.67. The van der Waals surface area contributed by atoms with E-state index in [-0.39, 0.29) is 7.12 Å². The molecule has 1 aliphatic rings. The van der Waals surface area contributed by atoms with E-state index in [2.05, 4.69) is 0 Å². The average molecular weight is 126 g/mol. The Morgan fingerprint density at radius 1 is 1.33 bits per heavy atom. The van der Waals surface area contributed by atoms with E-state index >= 15 is 0 Å². The normalized spacial score (nSPS) is 21.2. The van der Waals surface area contributed by atoms with Crippen LogP contribution in [0.1, 0.15) is 13.3 Å². The lowest BCUT2D eigenvalue weighted by atomic mass is 9.89. The van der Waals surface area contributed by atoms with Gasteiger partial charge in [0.05, 0.1) is 0 Å². The van der Waals surface area contributed by atoms with Crippen molar-refractivity contribution in [2.24, 2.45) is 0 Å². The van der Waals surface area contributed by atoms with Gasteiger partial charge in [0.1, 0.15) is 0 Å². The summed E-state index contributed by atoms with van der Waals surface area (Å²) in [6.07, 6.45) is 2.96. The molecule has 0 aromatic carbocycles. The molecule has 3 heteroatoms. The Bertz CT molecular complexity index is 97.2. The standard InChI is InChI=1S/C6H11BO2/c1-2-4-7-8-5-3-6-9-7/h2,4H,3,5-6H2,1H3/b4-2-. The highest BCUT2D eigenvalue weighted by molar-refractivity contribution is 6.50.